The first-order chi connectivity index (χ1) is 9.65. The summed E-state index contributed by atoms with van der Waals surface area (Å²) in [7, 11) is 1.54. The normalized spacial score (nSPS) is 18.1. The van der Waals surface area contributed by atoms with E-state index in [1.807, 2.05) is 0 Å². The van der Waals surface area contributed by atoms with Gasteiger partial charge in [-0.1, -0.05) is 6.08 Å². The predicted molar refractivity (Wildman–Crippen MR) is 74.2 cm³/mol. The number of nitrogens with one attached hydrogen (secondary N) is 1. The molecule has 0 bridgehead atoms. The van der Waals surface area contributed by atoms with Crippen molar-refractivity contribution in [1.29, 1.82) is 0 Å². The minimum absolute atomic E-state index is 0.158. The van der Waals surface area contributed by atoms with Crippen LogP contribution in [0.25, 0.3) is 0 Å². The molecule has 1 aromatic carbocycles. The lowest BCUT2D eigenvalue weighted by atomic mass is 10.0. The number of rotatable bonds is 3. The Morgan fingerprint density at radius 2 is 2.30 bits per heavy atom. The zero-order chi connectivity index (χ0) is 14.5. The summed E-state index contributed by atoms with van der Waals surface area (Å²) < 4.78 is 10.7. The van der Waals surface area contributed by atoms with Gasteiger partial charge in [-0.25, -0.2) is 0 Å². The monoisotopic (exact) mass is 275 g/mol. The van der Waals surface area contributed by atoms with Crippen molar-refractivity contribution >= 4 is 11.7 Å². The molecule has 106 valence electrons. The molecular formula is C15H17NO4. The van der Waals surface area contributed by atoms with E-state index in [4.69, 9.17) is 9.47 Å². The van der Waals surface area contributed by atoms with E-state index in [2.05, 4.69) is 5.32 Å². The van der Waals surface area contributed by atoms with Gasteiger partial charge in [0.1, 0.15) is 11.5 Å². The second-order valence-corrected chi connectivity index (χ2v) is 4.42. The topological polar surface area (TPSA) is 64.6 Å². The van der Waals surface area contributed by atoms with Gasteiger partial charge in [-0.2, -0.15) is 0 Å². The number of Topliss-reactive ketones (excluding diaryl/α,β-unsaturated/α-hetero) is 1. The largest absolute Gasteiger partial charge is 0.497 e. The van der Waals surface area contributed by atoms with Crippen LogP contribution >= 0.6 is 0 Å². The van der Waals surface area contributed by atoms with Crippen LogP contribution in [-0.4, -0.2) is 31.4 Å². The predicted octanol–water partition coefficient (Wildman–Crippen LogP) is 1.72. The molecule has 2 rings (SSSR count). The third-order valence-corrected chi connectivity index (χ3v) is 3.07. The maximum absolute atomic E-state index is 12.5. The number of hydrogen-bond acceptors (Lipinski definition) is 4. The van der Waals surface area contributed by atoms with Crippen molar-refractivity contribution in [2.24, 2.45) is 0 Å². The van der Waals surface area contributed by atoms with E-state index in [0.717, 1.165) is 0 Å². The first-order valence-electron chi connectivity index (χ1n) is 6.44. The lowest BCUT2D eigenvalue weighted by molar-refractivity contribution is -0.117. The van der Waals surface area contributed by atoms with Gasteiger partial charge in [-0.3, -0.25) is 9.59 Å². The molecule has 1 N–H and O–H groups in total. The summed E-state index contributed by atoms with van der Waals surface area (Å²) >= 11 is 0. The number of ether oxygens (including phenoxy) is 2. The van der Waals surface area contributed by atoms with E-state index in [0.29, 0.717) is 30.1 Å². The van der Waals surface area contributed by atoms with E-state index in [1.54, 1.807) is 31.2 Å². The van der Waals surface area contributed by atoms with Crippen molar-refractivity contribution in [3.8, 4) is 11.5 Å². The van der Waals surface area contributed by atoms with E-state index in [-0.39, 0.29) is 11.7 Å². The van der Waals surface area contributed by atoms with Crippen LogP contribution in [0.2, 0.25) is 0 Å². The van der Waals surface area contributed by atoms with Crippen LogP contribution in [0.3, 0.4) is 0 Å². The van der Waals surface area contributed by atoms with Crippen LogP contribution in [0.4, 0.5) is 0 Å². The molecule has 0 aromatic heterocycles. The highest BCUT2D eigenvalue weighted by atomic mass is 16.5. The van der Waals surface area contributed by atoms with Crippen molar-refractivity contribution in [1.82, 2.24) is 5.32 Å². The van der Waals surface area contributed by atoms with E-state index in [9.17, 15) is 9.59 Å². The number of allylic oxidation sites excluding steroid dienone is 1. The fourth-order valence-electron chi connectivity index (χ4n) is 2.07. The molecule has 5 heteroatoms. The molecule has 1 unspecified atom stereocenters. The Morgan fingerprint density at radius 1 is 1.50 bits per heavy atom. The van der Waals surface area contributed by atoms with Crippen LogP contribution < -0.4 is 14.8 Å². The Bertz CT molecular complexity index is 551. The number of benzene rings is 1. The van der Waals surface area contributed by atoms with E-state index in [1.165, 1.54) is 13.2 Å². The van der Waals surface area contributed by atoms with Crippen molar-refractivity contribution in [2.45, 2.75) is 19.4 Å². The van der Waals surface area contributed by atoms with Crippen LogP contribution in [0.15, 0.2) is 30.4 Å². The number of carbonyl (C=O) groups is 2. The maximum Gasteiger partial charge on any atom is 0.244 e. The molecule has 1 heterocycles. The van der Waals surface area contributed by atoms with Crippen LogP contribution in [0.1, 0.15) is 23.7 Å². The Morgan fingerprint density at radius 3 is 3.00 bits per heavy atom. The molecule has 0 saturated carbocycles. The molecule has 0 radical (unpaired) electrons. The van der Waals surface area contributed by atoms with Crippen molar-refractivity contribution < 1.29 is 19.1 Å². The van der Waals surface area contributed by atoms with Gasteiger partial charge in [0.25, 0.3) is 0 Å². The molecule has 1 aromatic rings. The van der Waals surface area contributed by atoms with Crippen LogP contribution in [0, 0.1) is 0 Å². The summed E-state index contributed by atoms with van der Waals surface area (Å²) in [4.78, 5) is 24.1. The molecular weight excluding hydrogens is 258 g/mol. The summed E-state index contributed by atoms with van der Waals surface area (Å²) in [5, 5.41) is 2.69. The van der Waals surface area contributed by atoms with Gasteiger partial charge in [-0.05, 0) is 31.2 Å². The number of amides is 1. The van der Waals surface area contributed by atoms with Gasteiger partial charge >= 0.3 is 0 Å². The van der Waals surface area contributed by atoms with Gasteiger partial charge in [0.05, 0.1) is 25.3 Å². The molecule has 1 aliphatic heterocycles. The third-order valence-electron chi connectivity index (χ3n) is 3.07. The van der Waals surface area contributed by atoms with E-state index < -0.39 is 6.04 Å². The number of hydrogen-bond donors (Lipinski definition) is 1. The lowest BCUT2D eigenvalue weighted by Gasteiger charge is -2.13. The average molecular weight is 275 g/mol. The summed E-state index contributed by atoms with van der Waals surface area (Å²) in [6, 6.07) is 4.51. The van der Waals surface area contributed by atoms with Gasteiger partial charge in [0.2, 0.25) is 5.91 Å². The second-order valence-electron chi connectivity index (χ2n) is 4.42. The smallest absolute Gasteiger partial charge is 0.244 e. The Kier molecular flexibility index (Phi) is 4.40. The Balaban J connectivity index is 2.26. The van der Waals surface area contributed by atoms with Crippen LogP contribution in [0.5, 0.6) is 11.5 Å². The standard InChI is InChI=1S/C15H17NO4/c1-3-4-14(17)16-12-7-8-20-13-6-5-10(19-2)9-11(13)15(12)18/h3-6,9,12H,7-8H2,1-2H3,(H,16,17)/b4-3+. The molecule has 1 amide bonds. The fourth-order valence-corrected chi connectivity index (χ4v) is 2.07. The minimum Gasteiger partial charge on any atom is -0.497 e. The minimum atomic E-state index is -0.577. The summed E-state index contributed by atoms with van der Waals surface area (Å²) in [5.74, 6) is 0.672. The Hall–Kier alpha value is -2.30. The number of ketones is 1. The Labute approximate surface area is 117 Å². The number of fused-ring (bicyclic) bond motifs is 1. The zero-order valence-corrected chi connectivity index (χ0v) is 11.5. The second kappa shape index (κ2) is 6.23. The van der Waals surface area contributed by atoms with Crippen LogP contribution in [-0.2, 0) is 4.79 Å². The zero-order valence-electron chi connectivity index (χ0n) is 11.5. The van der Waals surface area contributed by atoms with Crippen molar-refractivity contribution in [3.05, 3.63) is 35.9 Å². The first kappa shape index (κ1) is 14.1. The summed E-state index contributed by atoms with van der Waals surface area (Å²) in [6.07, 6.45) is 3.47. The molecule has 0 fully saturated rings. The van der Waals surface area contributed by atoms with Gasteiger partial charge < -0.3 is 14.8 Å². The van der Waals surface area contributed by atoms with Crippen molar-refractivity contribution in [3.63, 3.8) is 0 Å². The highest BCUT2D eigenvalue weighted by Crippen LogP contribution is 2.28. The van der Waals surface area contributed by atoms with Gasteiger partial charge in [-0.15, -0.1) is 0 Å². The SMILES string of the molecule is C/C=C/C(=O)NC1CCOc2ccc(OC)cc2C1=O. The summed E-state index contributed by atoms with van der Waals surface area (Å²) in [5.41, 5.74) is 0.438. The number of carbonyl (C=O) groups excluding carboxylic acids is 2. The maximum atomic E-state index is 12.5. The van der Waals surface area contributed by atoms with Crippen molar-refractivity contribution in [2.75, 3.05) is 13.7 Å². The highest BCUT2D eigenvalue weighted by Gasteiger charge is 2.27. The lowest BCUT2D eigenvalue weighted by Crippen LogP contribution is -2.40. The highest BCUT2D eigenvalue weighted by molar-refractivity contribution is 6.05. The molecule has 5 nitrogen and oxygen atoms in total. The molecule has 0 aliphatic carbocycles. The quantitative estimate of drug-likeness (QED) is 0.853. The molecule has 0 spiro atoms. The third kappa shape index (κ3) is 2.99. The first-order valence-corrected chi connectivity index (χ1v) is 6.44. The number of methoxy groups -OCH3 is 1. The van der Waals surface area contributed by atoms with Gasteiger partial charge in [0.15, 0.2) is 5.78 Å². The average Bonchev–Trinajstić information content (AvgIpc) is 2.59. The van der Waals surface area contributed by atoms with E-state index >= 15 is 0 Å². The molecule has 20 heavy (non-hydrogen) atoms. The molecule has 0 saturated heterocycles. The molecule has 1 aliphatic rings. The van der Waals surface area contributed by atoms with Gasteiger partial charge in [0, 0.05) is 6.42 Å². The fraction of sp³-hybridized carbons (Fsp3) is 0.333. The molecule has 1 atom stereocenters. The summed E-state index contributed by atoms with van der Waals surface area (Å²) in [6.45, 7) is 2.13.